The number of methoxy groups -OCH3 is 1. The van der Waals surface area contributed by atoms with Crippen molar-refractivity contribution < 1.29 is 9.53 Å². The predicted molar refractivity (Wildman–Crippen MR) is 92.8 cm³/mol. The summed E-state index contributed by atoms with van der Waals surface area (Å²) < 4.78 is 5.25. The largest absolute Gasteiger partial charge is 0.497 e. The minimum absolute atomic E-state index is 0.0655. The van der Waals surface area contributed by atoms with Gasteiger partial charge in [-0.25, -0.2) is 4.98 Å². The van der Waals surface area contributed by atoms with Crippen LogP contribution < -0.4 is 21.1 Å². The van der Waals surface area contributed by atoms with Crippen LogP contribution >= 0.6 is 0 Å². The van der Waals surface area contributed by atoms with Gasteiger partial charge in [0.05, 0.1) is 12.8 Å². The highest BCUT2D eigenvalue weighted by Crippen LogP contribution is 2.34. The molecule has 1 aromatic carbocycles. The Hall–Kier alpha value is -2.83. The second-order valence-corrected chi connectivity index (χ2v) is 5.86. The minimum Gasteiger partial charge on any atom is -0.497 e. The lowest BCUT2D eigenvalue weighted by atomic mass is 9.95. The topological polar surface area (TPSA) is 107 Å². The fraction of sp³-hybridized carbons (Fsp3) is 0.353. The van der Waals surface area contributed by atoms with Crippen molar-refractivity contribution in [3.8, 4) is 5.75 Å². The van der Waals surface area contributed by atoms with Crippen LogP contribution in [0.5, 0.6) is 5.75 Å². The van der Waals surface area contributed by atoms with E-state index < -0.39 is 0 Å². The Morgan fingerprint density at radius 2 is 2.21 bits per heavy atom. The van der Waals surface area contributed by atoms with Gasteiger partial charge in [-0.15, -0.1) is 0 Å². The van der Waals surface area contributed by atoms with Gasteiger partial charge in [-0.3, -0.25) is 4.79 Å². The highest BCUT2D eigenvalue weighted by atomic mass is 16.5. The first-order valence-corrected chi connectivity index (χ1v) is 7.90. The highest BCUT2D eigenvalue weighted by molar-refractivity contribution is 5.84. The van der Waals surface area contributed by atoms with Gasteiger partial charge in [-0.1, -0.05) is 12.1 Å². The first kappa shape index (κ1) is 16.0. The van der Waals surface area contributed by atoms with E-state index >= 15 is 0 Å². The Kier molecular flexibility index (Phi) is 4.50. The number of aryl methyl sites for hydroxylation is 2. The van der Waals surface area contributed by atoms with Crippen LogP contribution in [0.2, 0.25) is 0 Å². The number of amides is 1. The molecule has 1 unspecified atom stereocenters. The van der Waals surface area contributed by atoms with Crippen LogP contribution in [0.25, 0.3) is 0 Å². The van der Waals surface area contributed by atoms with Crippen LogP contribution in [0.3, 0.4) is 0 Å². The SMILES string of the molecule is COc1cccc(CCC2CCc3nc(N)nc(N)c3N2C=O)c1. The number of anilines is 3. The Morgan fingerprint density at radius 1 is 1.38 bits per heavy atom. The molecule has 7 nitrogen and oxygen atoms in total. The van der Waals surface area contributed by atoms with Gasteiger partial charge in [-0.2, -0.15) is 4.98 Å². The first-order valence-electron chi connectivity index (χ1n) is 7.90. The number of carbonyl (C=O) groups is 1. The maximum Gasteiger partial charge on any atom is 0.222 e. The number of hydrogen-bond acceptors (Lipinski definition) is 6. The van der Waals surface area contributed by atoms with Gasteiger partial charge in [0.25, 0.3) is 0 Å². The molecule has 4 N–H and O–H groups in total. The quantitative estimate of drug-likeness (QED) is 0.807. The lowest BCUT2D eigenvalue weighted by Crippen LogP contribution is -2.40. The van der Waals surface area contributed by atoms with E-state index in [4.69, 9.17) is 16.2 Å². The minimum atomic E-state index is 0.0655. The van der Waals surface area contributed by atoms with Crippen LogP contribution in [-0.4, -0.2) is 29.5 Å². The van der Waals surface area contributed by atoms with E-state index in [0.29, 0.717) is 5.69 Å². The van der Waals surface area contributed by atoms with Gasteiger partial charge in [0, 0.05) is 6.04 Å². The van der Waals surface area contributed by atoms with Gasteiger partial charge in [-0.05, 0) is 43.4 Å². The van der Waals surface area contributed by atoms with Gasteiger partial charge in [0.1, 0.15) is 11.4 Å². The monoisotopic (exact) mass is 327 g/mol. The molecule has 0 saturated heterocycles. The molecule has 0 aliphatic carbocycles. The third-order valence-corrected chi connectivity index (χ3v) is 4.38. The molecular formula is C17H21N5O2. The summed E-state index contributed by atoms with van der Waals surface area (Å²) in [6.07, 6.45) is 4.04. The molecule has 0 spiro atoms. The number of aromatic nitrogens is 2. The molecule has 0 radical (unpaired) electrons. The molecule has 7 heteroatoms. The van der Waals surface area contributed by atoms with Crippen molar-refractivity contribution in [1.82, 2.24) is 9.97 Å². The van der Waals surface area contributed by atoms with E-state index in [9.17, 15) is 4.79 Å². The molecule has 24 heavy (non-hydrogen) atoms. The fourth-order valence-corrected chi connectivity index (χ4v) is 3.20. The Balaban J connectivity index is 1.78. The van der Waals surface area contributed by atoms with E-state index in [1.807, 2.05) is 18.2 Å². The van der Waals surface area contributed by atoms with Crippen molar-refractivity contribution in [1.29, 1.82) is 0 Å². The number of hydrogen-bond donors (Lipinski definition) is 2. The summed E-state index contributed by atoms with van der Waals surface area (Å²) in [5.41, 5.74) is 14.1. The maximum atomic E-state index is 11.6. The molecule has 2 aromatic rings. The van der Waals surface area contributed by atoms with Crippen molar-refractivity contribution in [2.24, 2.45) is 0 Å². The molecule has 0 fully saturated rings. The van der Waals surface area contributed by atoms with E-state index in [2.05, 4.69) is 16.0 Å². The second-order valence-electron chi connectivity index (χ2n) is 5.86. The number of fused-ring (bicyclic) bond motifs is 1. The Morgan fingerprint density at radius 3 is 2.96 bits per heavy atom. The van der Waals surface area contributed by atoms with Crippen molar-refractivity contribution in [3.63, 3.8) is 0 Å². The van der Waals surface area contributed by atoms with E-state index in [1.165, 1.54) is 5.56 Å². The summed E-state index contributed by atoms with van der Waals surface area (Å²) in [7, 11) is 1.65. The Bertz CT molecular complexity index is 750. The van der Waals surface area contributed by atoms with Crippen molar-refractivity contribution in [3.05, 3.63) is 35.5 Å². The van der Waals surface area contributed by atoms with Crippen LogP contribution in [0.15, 0.2) is 24.3 Å². The lowest BCUT2D eigenvalue weighted by molar-refractivity contribution is -0.108. The third kappa shape index (κ3) is 3.10. The Labute approximate surface area is 140 Å². The summed E-state index contributed by atoms with van der Waals surface area (Å²) >= 11 is 0. The summed E-state index contributed by atoms with van der Waals surface area (Å²) in [4.78, 5) is 21.5. The zero-order valence-corrected chi connectivity index (χ0v) is 13.6. The number of ether oxygens (including phenoxy) is 1. The summed E-state index contributed by atoms with van der Waals surface area (Å²) in [6.45, 7) is 0. The molecule has 1 aromatic heterocycles. The average molecular weight is 327 g/mol. The van der Waals surface area contributed by atoms with Gasteiger partial charge < -0.3 is 21.1 Å². The molecular weight excluding hydrogens is 306 g/mol. The van der Waals surface area contributed by atoms with Gasteiger partial charge >= 0.3 is 0 Å². The molecule has 1 aliphatic rings. The standard InChI is InChI=1S/C17H21N5O2/c1-24-13-4-2-3-11(9-13)5-6-12-7-8-14-15(22(12)10-23)16(18)21-17(19)20-14/h2-4,9-10,12H,5-8H2,1H3,(H4,18,19,20,21). The number of nitrogens with zero attached hydrogens (tertiary/aromatic N) is 3. The zero-order chi connectivity index (χ0) is 17.1. The van der Waals surface area contributed by atoms with Crippen molar-refractivity contribution >= 4 is 23.9 Å². The molecule has 1 amide bonds. The number of rotatable bonds is 5. The van der Waals surface area contributed by atoms with Gasteiger partial charge in [0.2, 0.25) is 12.4 Å². The normalized spacial score (nSPS) is 16.5. The molecule has 0 saturated carbocycles. The summed E-state index contributed by atoms with van der Waals surface area (Å²) in [5.74, 6) is 1.24. The van der Waals surface area contributed by atoms with Crippen LogP contribution in [0.1, 0.15) is 24.1 Å². The third-order valence-electron chi connectivity index (χ3n) is 4.38. The number of benzene rings is 1. The van der Waals surface area contributed by atoms with E-state index in [0.717, 1.165) is 43.5 Å². The summed E-state index contributed by atoms with van der Waals surface area (Å²) in [6, 6.07) is 8.02. The molecule has 0 bridgehead atoms. The molecule has 3 rings (SSSR count). The van der Waals surface area contributed by atoms with Crippen LogP contribution in [0, 0.1) is 0 Å². The number of nitrogen functional groups attached to an aromatic ring is 2. The lowest BCUT2D eigenvalue weighted by Gasteiger charge is -2.34. The maximum absolute atomic E-state index is 11.6. The molecule has 126 valence electrons. The number of nitrogens with two attached hydrogens (primary N) is 2. The van der Waals surface area contributed by atoms with Crippen molar-refractivity contribution in [2.45, 2.75) is 31.7 Å². The smallest absolute Gasteiger partial charge is 0.222 e. The predicted octanol–water partition coefficient (Wildman–Crippen LogP) is 1.56. The summed E-state index contributed by atoms with van der Waals surface area (Å²) in [5, 5.41) is 0. The second kappa shape index (κ2) is 6.74. The van der Waals surface area contributed by atoms with Gasteiger partial charge in [0.15, 0.2) is 5.82 Å². The molecule has 1 aliphatic heterocycles. The highest BCUT2D eigenvalue weighted by Gasteiger charge is 2.29. The molecule has 1 atom stereocenters. The molecule has 2 heterocycles. The first-order chi connectivity index (χ1) is 11.6. The fourth-order valence-electron chi connectivity index (χ4n) is 3.20. The van der Waals surface area contributed by atoms with Crippen LogP contribution in [-0.2, 0) is 17.6 Å². The van der Waals surface area contributed by atoms with E-state index in [-0.39, 0.29) is 17.8 Å². The zero-order valence-electron chi connectivity index (χ0n) is 13.6. The number of carbonyl (C=O) groups excluding carboxylic acids is 1. The van der Waals surface area contributed by atoms with E-state index in [1.54, 1.807) is 12.0 Å². The average Bonchev–Trinajstić information content (AvgIpc) is 2.59. The van der Waals surface area contributed by atoms with Crippen molar-refractivity contribution in [2.75, 3.05) is 23.5 Å². The van der Waals surface area contributed by atoms with Crippen LogP contribution in [0.4, 0.5) is 17.5 Å².